The van der Waals surface area contributed by atoms with Crippen LogP contribution in [0.3, 0.4) is 0 Å². The Balaban J connectivity index is 0. The molecule has 0 amide bonds. The van der Waals surface area contributed by atoms with Crippen molar-refractivity contribution < 1.29 is 28.7 Å². The van der Waals surface area contributed by atoms with Crippen LogP contribution in [0.4, 0.5) is 0 Å². The van der Waals surface area contributed by atoms with Gasteiger partial charge in [-0.05, 0) is 12.8 Å². The first-order valence-corrected chi connectivity index (χ1v) is 3.07. The molecular formula is C6H13LiO2. The molecule has 2 nitrogen and oxygen atoms in total. The van der Waals surface area contributed by atoms with Gasteiger partial charge in [-0.15, -0.1) is 6.61 Å². The summed E-state index contributed by atoms with van der Waals surface area (Å²) in [7, 11) is 0. The Morgan fingerprint density at radius 3 is 1.78 bits per heavy atom. The molecule has 3 heteroatoms. The van der Waals surface area contributed by atoms with Crippen molar-refractivity contribution in [1.29, 1.82) is 0 Å². The summed E-state index contributed by atoms with van der Waals surface area (Å²) in [6, 6.07) is 0. The van der Waals surface area contributed by atoms with E-state index < -0.39 is 0 Å². The summed E-state index contributed by atoms with van der Waals surface area (Å²) < 4.78 is 4.94. The number of ether oxygens (including phenoxy) is 1. The Labute approximate surface area is 68.8 Å². The molecule has 0 radical (unpaired) electrons. The van der Waals surface area contributed by atoms with Gasteiger partial charge in [0.25, 0.3) is 0 Å². The summed E-state index contributed by atoms with van der Waals surface area (Å²) in [5, 5.41) is 8.93. The zero-order valence-electron chi connectivity index (χ0n) is 6.35. The summed E-state index contributed by atoms with van der Waals surface area (Å²) in [6.45, 7) is 3.57. The fourth-order valence-corrected chi connectivity index (χ4v) is 0.510. The molecular weight excluding hydrogens is 111 g/mol. The van der Waals surface area contributed by atoms with Crippen LogP contribution in [0, 0.1) is 0 Å². The standard InChI is InChI=1S/C4H8O.C2H5O.Li/c1-2-4-5-3-1;1-2-3;/h1-4H2;2H2,1H3;/q;-1;+1. The topological polar surface area (TPSA) is 32.3 Å². The molecule has 50 valence electrons. The molecule has 9 heavy (non-hydrogen) atoms. The van der Waals surface area contributed by atoms with Crippen LogP contribution in [0.1, 0.15) is 19.8 Å². The van der Waals surface area contributed by atoms with Gasteiger partial charge < -0.3 is 9.84 Å². The molecule has 0 aromatic rings. The van der Waals surface area contributed by atoms with Gasteiger partial charge in [0.2, 0.25) is 0 Å². The fourth-order valence-electron chi connectivity index (χ4n) is 0.510. The van der Waals surface area contributed by atoms with Crippen LogP contribution >= 0.6 is 0 Å². The van der Waals surface area contributed by atoms with Crippen LogP contribution in [0.2, 0.25) is 0 Å². The SMILES string of the molecule is C1CCOC1.CC[O-].[Li+]. The average Bonchev–Trinajstić information content (AvgIpc) is 2.17. The van der Waals surface area contributed by atoms with Crippen LogP contribution < -0.4 is 24.0 Å². The van der Waals surface area contributed by atoms with Gasteiger partial charge in [-0.3, -0.25) is 0 Å². The summed E-state index contributed by atoms with van der Waals surface area (Å²) >= 11 is 0. The van der Waals surface area contributed by atoms with Crippen molar-refractivity contribution in [2.75, 3.05) is 19.8 Å². The second-order valence-electron chi connectivity index (χ2n) is 1.61. The Kier molecular flexibility index (Phi) is 15.4. The molecule has 0 saturated carbocycles. The van der Waals surface area contributed by atoms with Gasteiger partial charge in [-0.25, -0.2) is 0 Å². The molecule has 1 saturated heterocycles. The van der Waals surface area contributed by atoms with Gasteiger partial charge in [-0.2, -0.15) is 0 Å². The predicted octanol–water partition coefficient (Wildman–Crippen LogP) is -2.83. The van der Waals surface area contributed by atoms with Crippen LogP contribution in [0.25, 0.3) is 0 Å². The van der Waals surface area contributed by atoms with E-state index >= 15 is 0 Å². The molecule has 0 aromatic heterocycles. The molecule has 0 unspecified atom stereocenters. The molecule has 1 rings (SSSR count). The Bertz CT molecular complexity index is 30.4. The fraction of sp³-hybridized carbons (Fsp3) is 1.00. The Morgan fingerprint density at radius 1 is 1.33 bits per heavy atom. The van der Waals surface area contributed by atoms with E-state index in [0.29, 0.717) is 0 Å². The maximum atomic E-state index is 8.93. The smallest absolute Gasteiger partial charge is 0.855 e. The maximum Gasteiger partial charge on any atom is 1.00 e. The zero-order valence-corrected chi connectivity index (χ0v) is 6.35. The quantitative estimate of drug-likeness (QED) is 0.326. The minimum atomic E-state index is 0. The normalized spacial score (nSPS) is 15.3. The zero-order chi connectivity index (χ0) is 6.24. The minimum absolute atomic E-state index is 0. The molecule has 1 fully saturated rings. The number of hydrogen-bond acceptors (Lipinski definition) is 2. The molecule has 0 aliphatic carbocycles. The largest absolute Gasteiger partial charge is 1.00 e. The van der Waals surface area contributed by atoms with Crippen molar-refractivity contribution in [3.8, 4) is 0 Å². The maximum absolute atomic E-state index is 8.93. The van der Waals surface area contributed by atoms with Crippen LogP contribution in [0.5, 0.6) is 0 Å². The van der Waals surface area contributed by atoms with E-state index in [9.17, 15) is 0 Å². The van der Waals surface area contributed by atoms with Gasteiger partial charge in [-0.1, -0.05) is 6.92 Å². The van der Waals surface area contributed by atoms with Crippen LogP contribution in [0.15, 0.2) is 0 Å². The number of hydrogen-bond donors (Lipinski definition) is 0. The minimum Gasteiger partial charge on any atom is -0.855 e. The van der Waals surface area contributed by atoms with Gasteiger partial charge in [0, 0.05) is 13.2 Å². The molecule has 1 aliphatic rings. The third-order valence-electron chi connectivity index (χ3n) is 0.827. The summed E-state index contributed by atoms with van der Waals surface area (Å²) in [6.07, 6.45) is 2.56. The molecule has 0 spiro atoms. The first-order valence-electron chi connectivity index (χ1n) is 3.07. The summed E-state index contributed by atoms with van der Waals surface area (Å²) in [5.74, 6) is 0. The predicted molar refractivity (Wildman–Crippen MR) is 30.6 cm³/mol. The van der Waals surface area contributed by atoms with E-state index in [1.54, 1.807) is 6.92 Å². The first kappa shape index (κ1) is 12.2. The second kappa shape index (κ2) is 11.3. The van der Waals surface area contributed by atoms with E-state index in [1.165, 1.54) is 12.8 Å². The van der Waals surface area contributed by atoms with Crippen molar-refractivity contribution in [1.82, 2.24) is 0 Å². The van der Waals surface area contributed by atoms with E-state index in [1.807, 2.05) is 0 Å². The molecule has 0 atom stereocenters. The monoisotopic (exact) mass is 124 g/mol. The Hall–Kier alpha value is 0.517. The van der Waals surface area contributed by atoms with Gasteiger partial charge in [0.15, 0.2) is 0 Å². The van der Waals surface area contributed by atoms with Crippen molar-refractivity contribution in [3.05, 3.63) is 0 Å². The van der Waals surface area contributed by atoms with E-state index in [2.05, 4.69) is 0 Å². The van der Waals surface area contributed by atoms with E-state index in [0.717, 1.165) is 13.2 Å². The second-order valence-corrected chi connectivity index (χ2v) is 1.61. The van der Waals surface area contributed by atoms with E-state index in [4.69, 9.17) is 9.84 Å². The molecule has 1 aliphatic heterocycles. The van der Waals surface area contributed by atoms with Crippen molar-refractivity contribution >= 4 is 0 Å². The molecule has 0 bridgehead atoms. The van der Waals surface area contributed by atoms with Gasteiger partial charge in [0.1, 0.15) is 0 Å². The van der Waals surface area contributed by atoms with Crippen molar-refractivity contribution in [3.63, 3.8) is 0 Å². The third kappa shape index (κ3) is 11.9. The van der Waals surface area contributed by atoms with Crippen molar-refractivity contribution in [2.45, 2.75) is 19.8 Å². The number of rotatable bonds is 0. The molecule has 1 heterocycles. The van der Waals surface area contributed by atoms with Crippen LogP contribution in [-0.2, 0) is 4.74 Å². The average molecular weight is 124 g/mol. The van der Waals surface area contributed by atoms with Gasteiger partial charge >= 0.3 is 18.9 Å². The van der Waals surface area contributed by atoms with E-state index in [-0.39, 0.29) is 25.5 Å². The first-order chi connectivity index (χ1) is 3.91. The molecule has 0 N–H and O–H groups in total. The third-order valence-corrected chi connectivity index (χ3v) is 0.827. The summed E-state index contributed by atoms with van der Waals surface area (Å²) in [4.78, 5) is 0. The van der Waals surface area contributed by atoms with Crippen LogP contribution in [-0.4, -0.2) is 19.8 Å². The van der Waals surface area contributed by atoms with Gasteiger partial charge in [0.05, 0.1) is 0 Å². The van der Waals surface area contributed by atoms with Crippen molar-refractivity contribution in [2.24, 2.45) is 0 Å². The molecule has 0 aromatic carbocycles. The Morgan fingerprint density at radius 2 is 1.67 bits per heavy atom. The summed E-state index contributed by atoms with van der Waals surface area (Å²) in [5.41, 5.74) is 0.